The third-order valence-electron chi connectivity index (χ3n) is 6.62. The van der Waals surface area contributed by atoms with E-state index in [2.05, 4.69) is 23.1 Å². The molecule has 1 fully saturated rings. The van der Waals surface area contributed by atoms with Crippen molar-refractivity contribution in [1.29, 1.82) is 0 Å². The highest BCUT2D eigenvalue weighted by Gasteiger charge is 2.38. The van der Waals surface area contributed by atoms with Gasteiger partial charge in [0.05, 0.1) is 18.8 Å². The molecule has 0 unspecified atom stereocenters. The lowest BCUT2D eigenvalue weighted by atomic mass is 9.87. The fourth-order valence-electron chi connectivity index (χ4n) is 5.06. The van der Waals surface area contributed by atoms with Crippen molar-refractivity contribution in [3.63, 3.8) is 0 Å². The number of aryl methyl sites for hydroxylation is 2. The highest BCUT2D eigenvalue weighted by Crippen LogP contribution is 2.41. The molecule has 3 aromatic rings. The zero-order chi connectivity index (χ0) is 21.2. The summed E-state index contributed by atoms with van der Waals surface area (Å²) in [6.07, 6.45) is 3.50. The average molecular weight is 418 g/mol. The second-order valence-corrected chi connectivity index (χ2v) is 8.60. The molecule has 0 amide bonds. The number of ether oxygens (including phenoxy) is 1. The van der Waals surface area contributed by atoms with Gasteiger partial charge in [0, 0.05) is 11.4 Å². The molecule has 31 heavy (non-hydrogen) atoms. The number of rotatable bonds is 4. The van der Waals surface area contributed by atoms with Gasteiger partial charge < -0.3 is 14.7 Å². The molecule has 4 heteroatoms. The first-order valence-electron chi connectivity index (χ1n) is 11.2. The number of anilines is 2. The number of fused-ring (bicyclic) bond motifs is 2. The van der Waals surface area contributed by atoms with Crippen LogP contribution in [0.25, 0.3) is 0 Å². The van der Waals surface area contributed by atoms with E-state index in [0.29, 0.717) is 6.61 Å². The summed E-state index contributed by atoms with van der Waals surface area (Å²) in [5.41, 5.74) is 5.45. The number of hydrogen-bond donors (Lipinski definition) is 1. The minimum Gasteiger partial charge on any atom is -0.388 e. The van der Waals surface area contributed by atoms with Crippen molar-refractivity contribution in [3.05, 3.63) is 95.3 Å². The third-order valence-corrected chi connectivity index (χ3v) is 6.62. The zero-order valence-electron chi connectivity index (χ0n) is 17.6. The molecule has 1 saturated carbocycles. The Morgan fingerprint density at radius 2 is 1.61 bits per heavy atom. The van der Waals surface area contributed by atoms with Crippen molar-refractivity contribution >= 4 is 11.4 Å². The first-order chi connectivity index (χ1) is 15.2. The number of hydrogen-bond acceptors (Lipinski definition) is 3. The molecule has 3 aromatic carbocycles. The second kappa shape index (κ2) is 8.81. The minimum atomic E-state index is -0.624. The normalized spacial score (nSPS) is 23.0. The summed E-state index contributed by atoms with van der Waals surface area (Å²) >= 11 is 0. The Kier molecular flexibility index (Phi) is 5.75. The van der Waals surface area contributed by atoms with Gasteiger partial charge in [-0.3, -0.25) is 0 Å². The lowest BCUT2D eigenvalue weighted by Gasteiger charge is -2.43. The molecule has 3 atom stereocenters. The average Bonchev–Trinajstić information content (AvgIpc) is 2.96. The fourth-order valence-corrected chi connectivity index (χ4v) is 5.06. The molecule has 0 radical (unpaired) electrons. The van der Waals surface area contributed by atoms with Crippen LogP contribution in [0, 0.1) is 5.82 Å². The molecule has 2 aliphatic rings. The Bertz CT molecular complexity index is 1040. The van der Waals surface area contributed by atoms with Crippen LogP contribution in [0.3, 0.4) is 0 Å². The smallest absolute Gasteiger partial charge is 0.123 e. The van der Waals surface area contributed by atoms with E-state index >= 15 is 0 Å². The maximum atomic E-state index is 14.0. The third kappa shape index (κ3) is 4.10. The molecule has 1 heterocycles. The van der Waals surface area contributed by atoms with Crippen LogP contribution in [-0.2, 0) is 24.2 Å². The van der Waals surface area contributed by atoms with Crippen LogP contribution in [0.4, 0.5) is 15.8 Å². The van der Waals surface area contributed by atoms with E-state index in [1.165, 1.54) is 11.6 Å². The molecule has 5 rings (SSSR count). The largest absolute Gasteiger partial charge is 0.388 e. The summed E-state index contributed by atoms with van der Waals surface area (Å²) < 4.78 is 20.2. The van der Waals surface area contributed by atoms with Crippen LogP contribution in [0.15, 0.2) is 72.8 Å². The minimum absolute atomic E-state index is 0.113. The van der Waals surface area contributed by atoms with E-state index in [1.807, 2.05) is 42.5 Å². The quantitative estimate of drug-likeness (QED) is 0.603. The standard InChI is InChI=1S/C27H28FNO2/c28-22-15-16-24-21(17-22)14-13-20-9-4-5-10-23(20)29(24)25-11-6-12-26(27(25)30)31-18-19-7-2-1-3-8-19/h1-5,7-10,15-17,25-27,30H,6,11-14,18H2/t25-,26-,27+/m1/s1. The van der Waals surface area contributed by atoms with Gasteiger partial charge in [-0.1, -0.05) is 48.5 Å². The Labute approximate surface area is 183 Å². The van der Waals surface area contributed by atoms with E-state index < -0.39 is 6.10 Å². The summed E-state index contributed by atoms with van der Waals surface area (Å²) in [5.74, 6) is -0.210. The number of para-hydroxylation sites is 1. The summed E-state index contributed by atoms with van der Waals surface area (Å²) in [5, 5.41) is 11.4. The van der Waals surface area contributed by atoms with Gasteiger partial charge >= 0.3 is 0 Å². The Morgan fingerprint density at radius 1 is 0.871 bits per heavy atom. The van der Waals surface area contributed by atoms with E-state index in [4.69, 9.17) is 4.74 Å². The van der Waals surface area contributed by atoms with E-state index in [9.17, 15) is 9.50 Å². The predicted molar refractivity (Wildman–Crippen MR) is 121 cm³/mol. The molecular weight excluding hydrogens is 389 g/mol. The highest BCUT2D eigenvalue weighted by atomic mass is 19.1. The first-order valence-corrected chi connectivity index (χ1v) is 11.2. The molecule has 1 aliphatic carbocycles. The van der Waals surface area contributed by atoms with Gasteiger partial charge in [-0.2, -0.15) is 0 Å². The van der Waals surface area contributed by atoms with Gasteiger partial charge in [-0.05, 0) is 73.1 Å². The summed E-state index contributed by atoms with van der Waals surface area (Å²) in [6, 6.07) is 23.4. The van der Waals surface area contributed by atoms with Gasteiger partial charge in [0.15, 0.2) is 0 Å². The number of benzene rings is 3. The van der Waals surface area contributed by atoms with Crippen LogP contribution in [-0.4, -0.2) is 23.4 Å². The lowest BCUT2D eigenvalue weighted by molar-refractivity contribution is -0.0739. The molecule has 0 bridgehead atoms. The highest BCUT2D eigenvalue weighted by molar-refractivity contribution is 5.72. The van der Waals surface area contributed by atoms with Crippen molar-refractivity contribution < 1.29 is 14.2 Å². The van der Waals surface area contributed by atoms with Gasteiger partial charge in [0.25, 0.3) is 0 Å². The van der Waals surface area contributed by atoms with Crippen molar-refractivity contribution in [2.24, 2.45) is 0 Å². The van der Waals surface area contributed by atoms with Crippen LogP contribution in [0.1, 0.15) is 36.0 Å². The lowest BCUT2D eigenvalue weighted by Crippen LogP contribution is -2.50. The number of nitrogens with zero attached hydrogens (tertiary/aromatic N) is 1. The van der Waals surface area contributed by atoms with Crippen molar-refractivity contribution in [3.8, 4) is 0 Å². The number of halogens is 1. The summed E-state index contributed by atoms with van der Waals surface area (Å²) in [6.45, 7) is 0.494. The van der Waals surface area contributed by atoms with Crippen LogP contribution < -0.4 is 4.90 Å². The van der Waals surface area contributed by atoms with E-state index in [1.54, 1.807) is 6.07 Å². The topological polar surface area (TPSA) is 32.7 Å². The van der Waals surface area contributed by atoms with E-state index in [0.717, 1.165) is 54.6 Å². The SMILES string of the molecule is O[C@H]1[C@H](N2c3ccccc3CCc3cc(F)ccc32)CCC[C@H]1OCc1ccccc1. The molecule has 3 nitrogen and oxygen atoms in total. The van der Waals surface area contributed by atoms with Crippen LogP contribution >= 0.6 is 0 Å². The predicted octanol–water partition coefficient (Wildman–Crippen LogP) is 5.56. The Balaban J connectivity index is 1.46. The maximum absolute atomic E-state index is 14.0. The van der Waals surface area contributed by atoms with Crippen LogP contribution in [0.2, 0.25) is 0 Å². The second-order valence-electron chi connectivity index (χ2n) is 8.60. The summed E-state index contributed by atoms with van der Waals surface area (Å²) in [7, 11) is 0. The monoisotopic (exact) mass is 417 g/mol. The van der Waals surface area contributed by atoms with Gasteiger partial charge in [-0.25, -0.2) is 4.39 Å². The molecule has 1 aliphatic heterocycles. The summed E-state index contributed by atoms with van der Waals surface area (Å²) in [4.78, 5) is 2.25. The van der Waals surface area contributed by atoms with Gasteiger partial charge in [0.2, 0.25) is 0 Å². The van der Waals surface area contributed by atoms with Gasteiger partial charge in [-0.15, -0.1) is 0 Å². The molecule has 0 spiro atoms. The number of aliphatic hydroxyl groups is 1. The van der Waals surface area contributed by atoms with E-state index in [-0.39, 0.29) is 18.0 Å². The number of aliphatic hydroxyl groups excluding tert-OH is 1. The fraction of sp³-hybridized carbons (Fsp3) is 0.333. The first kappa shape index (κ1) is 20.2. The maximum Gasteiger partial charge on any atom is 0.123 e. The molecule has 0 saturated heterocycles. The van der Waals surface area contributed by atoms with Crippen molar-refractivity contribution in [2.75, 3.05) is 4.90 Å². The molecule has 1 N–H and O–H groups in total. The Hall–Kier alpha value is -2.69. The van der Waals surface area contributed by atoms with Crippen molar-refractivity contribution in [1.82, 2.24) is 0 Å². The van der Waals surface area contributed by atoms with Gasteiger partial charge in [0.1, 0.15) is 11.9 Å². The van der Waals surface area contributed by atoms with Crippen LogP contribution in [0.5, 0.6) is 0 Å². The Morgan fingerprint density at radius 3 is 2.48 bits per heavy atom. The molecule has 160 valence electrons. The molecule has 0 aromatic heterocycles. The van der Waals surface area contributed by atoms with Crippen molar-refractivity contribution in [2.45, 2.75) is 57.0 Å². The molecular formula is C27H28FNO2. The zero-order valence-corrected chi connectivity index (χ0v) is 17.6.